The van der Waals surface area contributed by atoms with Gasteiger partial charge in [-0.2, -0.15) is 0 Å². The molecule has 0 aromatic rings. The van der Waals surface area contributed by atoms with Crippen molar-refractivity contribution in [1.29, 1.82) is 0 Å². The van der Waals surface area contributed by atoms with Crippen LogP contribution in [-0.4, -0.2) is 47.5 Å². The molecule has 2 amide bonds. The van der Waals surface area contributed by atoms with Crippen molar-refractivity contribution >= 4 is 12.0 Å². The van der Waals surface area contributed by atoms with E-state index in [1.807, 2.05) is 46.0 Å². The number of carbonyl (C=O) groups is 2. The molecule has 1 saturated heterocycles. The number of nitrogens with zero attached hydrogens (tertiary/aromatic N) is 2. The molecule has 0 bridgehead atoms. The third-order valence-corrected chi connectivity index (χ3v) is 5.00. The van der Waals surface area contributed by atoms with Crippen molar-refractivity contribution in [2.24, 2.45) is 11.8 Å². The van der Waals surface area contributed by atoms with E-state index in [4.69, 9.17) is 4.74 Å². The molecule has 0 N–H and O–H groups in total. The Morgan fingerprint density at radius 1 is 1.38 bits per heavy atom. The molecule has 2 fully saturated rings. The lowest BCUT2D eigenvalue weighted by Gasteiger charge is -2.29. The average Bonchev–Trinajstić information content (AvgIpc) is 2.93. The van der Waals surface area contributed by atoms with E-state index in [0.717, 1.165) is 24.8 Å². The molecule has 2 aliphatic carbocycles. The number of carbonyl (C=O) groups excluding carboxylic acids is 2. The van der Waals surface area contributed by atoms with Crippen LogP contribution in [0.2, 0.25) is 0 Å². The Balaban J connectivity index is 1.99. The third kappa shape index (κ3) is 2.96. The molecule has 3 rings (SSSR count). The second-order valence-electron chi connectivity index (χ2n) is 8.32. The molecule has 3 aliphatic rings. The molecule has 0 radical (unpaired) electrons. The van der Waals surface area contributed by atoms with Crippen molar-refractivity contribution < 1.29 is 14.3 Å². The summed E-state index contributed by atoms with van der Waals surface area (Å²) in [6, 6.07) is -0.149. The van der Waals surface area contributed by atoms with Gasteiger partial charge >= 0.3 is 6.09 Å². The number of allylic oxidation sites excluding steroid dienone is 1. The number of fused-ring (bicyclic) bond motifs is 3. The summed E-state index contributed by atoms with van der Waals surface area (Å²) in [4.78, 5) is 29.0. The molecule has 1 aliphatic heterocycles. The van der Waals surface area contributed by atoms with Crippen LogP contribution in [0, 0.1) is 11.8 Å². The van der Waals surface area contributed by atoms with Crippen LogP contribution in [0.15, 0.2) is 23.4 Å². The Hall–Kier alpha value is -1.78. The largest absolute Gasteiger partial charge is 0.443 e. The molecule has 0 aromatic heterocycles. The topological polar surface area (TPSA) is 49.9 Å². The predicted molar refractivity (Wildman–Crippen MR) is 92.2 cm³/mol. The fourth-order valence-corrected chi connectivity index (χ4v) is 4.24. The highest BCUT2D eigenvalue weighted by molar-refractivity contribution is 6.06. The van der Waals surface area contributed by atoms with Crippen molar-refractivity contribution in [2.45, 2.75) is 58.1 Å². The lowest BCUT2D eigenvalue weighted by molar-refractivity contribution is -0.125. The Bertz CT molecular complexity index is 613. The van der Waals surface area contributed by atoms with Crippen LogP contribution in [0.25, 0.3) is 0 Å². The lowest BCUT2D eigenvalue weighted by Crippen LogP contribution is -2.43. The maximum atomic E-state index is 13.0. The van der Waals surface area contributed by atoms with Gasteiger partial charge in [0, 0.05) is 31.8 Å². The fraction of sp³-hybridized carbons (Fsp3) is 0.684. The van der Waals surface area contributed by atoms with E-state index in [-0.39, 0.29) is 17.9 Å². The van der Waals surface area contributed by atoms with Gasteiger partial charge in [0.05, 0.1) is 6.04 Å². The minimum atomic E-state index is -0.611. The average molecular weight is 332 g/mol. The van der Waals surface area contributed by atoms with Gasteiger partial charge in [0.1, 0.15) is 5.60 Å². The van der Waals surface area contributed by atoms with Crippen molar-refractivity contribution in [1.82, 2.24) is 9.80 Å². The van der Waals surface area contributed by atoms with Gasteiger partial charge in [-0.05, 0) is 57.9 Å². The van der Waals surface area contributed by atoms with Gasteiger partial charge in [-0.3, -0.25) is 4.79 Å². The Kier molecular flexibility index (Phi) is 4.22. The summed E-state index contributed by atoms with van der Waals surface area (Å²) in [6.45, 7) is 5.49. The second-order valence-corrected chi connectivity index (χ2v) is 8.32. The molecule has 24 heavy (non-hydrogen) atoms. The molecule has 1 saturated carbocycles. The second kappa shape index (κ2) is 5.94. The van der Waals surface area contributed by atoms with Gasteiger partial charge in [-0.25, -0.2) is 9.69 Å². The van der Waals surface area contributed by atoms with Gasteiger partial charge < -0.3 is 9.64 Å². The monoisotopic (exact) mass is 332 g/mol. The highest BCUT2D eigenvalue weighted by Crippen LogP contribution is 2.51. The van der Waals surface area contributed by atoms with E-state index in [1.165, 1.54) is 16.9 Å². The molecule has 3 atom stereocenters. The number of likely N-dealkylation sites (tertiary alicyclic amines) is 1. The minimum Gasteiger partial charge on any atom is -0.443 e. The minimum absolute atomic E-state index is 0.0989. The highest BCUT2D eigenvalue weighted by atomic mass is 16.6. The number of amides is 2. The Morgan fingerprint density at radius 2 is 2.08 bits per heavy atom. The van der Waals surface area contributed by atoms with Crippen LogP contribution in [-0.2, 0) is 9.53 Å². The van der Waals surface area contributed by atoms with E-state index in [9.17, 15) is 9.59 Å². The molecule has 5 heteroatoms. The number of rotatable bonds is 1. The Morgan fingerprint density at radius 3 is 2.71 bits per heavy atom. The first-order valence-electron chi connectivity index (χ1n) is 8.83. The number of hydrogen-bond acceptors (Lipinski definition) is 4. The van der Waals surface area contributed by atoms with Gasteiger partial charge in [-0.1, -0.05) is 6.08 Å². The van der Waals surface area contributed by atoms with Gasteiger partial charge in [0.2, 0.25) is 0 Å². The summed E-state index contributed by atoms with van der Waals surface area (Å²) in [5, 5.41) is 0. The SMILES string of the molecule is CN(C)C=C1C(=O)N(C(=O)OC(C)(C)C)[C@@H]2C3=CCCC[C@H]3C[C@H]12. The first-order chi connectivity index (χ1) is 11.2. The predicted octanol–water partition coefficient (Wildman–Crippen LogP) is 3.32. The molecule has 132 valence electrons. The molecule has 5 nitrogen and oxygen atoms in total. The zero-order chi connectivity index (χ0) is 17.6. The Labute approximate surface area is 144 Å². The standard InChI is InChI=1S/C19H28N2O3/c1-19(2,3)24-18(23)21-16-13-9-7-6-8-12(13)10-14(16)15(17(21)22)11-20(4)5/h9,11-12,14,16H,6-8,10H2,1-5H3/t12-,14+,16+/m0/s1. The quantitative estimate of drug-likeness (QED) is 0.546. The number of imide groups is 1. The fourth-order valence-electron chi connectivity index (χ4n) is 4.24. The molecule has 0 spiro atoms. The molecule has 0 unspecified atom stereocenters. The third-order valence-electron chi connectivity index (χ3n) is 5.00. The summed E-state index contributed by atoms with van der Waals surface area (Å²) in [5.74, 6) is 0.400. The normalized spacial score (nSPS) is 31.0. The summed E-state index contributed by atoms with van der Waals surface area (Å²) >= 11 is 0. The van der Waals surface area contributed by atoms with E-state index < -0.39 is 11.7 Å². The first kappa shape index (κ1) is 17.1. The van der Waals surface area contributed by atoms with Crippen molar-refractivity contribution in [3.05, 3.63) is 23.4 Å². The van der Waals surface area contributed by atoms with E-state index in [2.05, 4.69) is 6.08 Å². The number of ether oxygens (including phenoxy) is 1. The zero-order valence-electron chi connectivity index (χ0n) is 15.3. The van der Waals surface area contributed by atoms with Crippen LogP contribution in [0.4, 0.5) is 4.79 Å². The van der Waals surface area contributed by atoms with Crippen molar-refractivity contribution in [3.63, 3.8) is 0 Å². The van der Waals surface area contributed by atoms with Crippen molar-refractivity contribution in [2.75, 3.05) is 14.1 Å². The van der Waals surface area contributed by atoms with Crippen LogP contribution in [0.5, 0.6) is 0 Å². The van der Waals surface area contributed by atoms with E-state index >= 15 is 0 Å². The summed E-state index contributed by atoms with van der Waals surface area (Å²) in [6.07, 6.45) is 7.96. The lowest BCUT2D eigenvalue weighted by atomic mass is 9.89. The zero-order valence-corrected chi connectivity index (χ0v) is 15.3. The van der Waals surface area contributed by atoms with Crippen LogP contribution < -0.4 is 0 Å². The highest BCUT2D eigenvalue weighted by Gasteiger charge is 2.55. The van der Waals surface area contributed by atoms with Crippen LogP contribution in [0.1, 0.15) is 46.5 Å². The van der Waals surface area contributed by atoms with Crippen molar-refractivity contribution in [3.8, 4) is 0 Å². The maximum Gasteiger partial charge on any atom is 0.417 e. The molecule has 0 aromatic carbocycles. The molecule has 1 heterocycles. The maximum absolute atomic E-state index is 13.0. The van der Waals surface area contributed by atoms with Gasteiger partial charge in [0.15, 0.2) is 0 Å². The smallest absolute Gasteiger partial charge is 0.417 e. The summed E-state index contributed by atoms with van der Waals surface area (Å²) in [7, 11) is 3.82. The van der Waals surface area contributed by atoms with E-state index in [1.54, 1.807) is 0 Å². The van der Waals surface area contributed by atoms with E-state index in [0.29, 0.717) is 5.92 Å². The van der Waals surface area contributed by atoms with Crippen LogP contribution in [0.3, 0.4) is 0 Å². The van der Waals surface area contributed by atoms with Gasteiger partial charge in [0.25, 0.3) is 5.91 Å². The molecular weight excluding hydrogens is 304 g/mol. The summed E-state index contributed by atoms with van der Waals surface area (Å²) in [5.41, 5.74) is 1.40. The van der Waals surface area contributed by atoms with Gasteiger partial charge in [-0.15, -0.1) is 0 Å². The van der Waals surface area contributed by atoms with Crippen LogP contribution >= 0.6 is 0 Å². The summed E-state index contributed by atoms with van der Waals surface area (Å²) < 4.78 is 5.53. The molecular formula is C19H28N2O3. The number of hydrogen-bond donors (Lipinski definition) is 0. The first-order valence-corrected chi connectivity index (χ1v) is 8.83.